The molecule has 4 heteroatoms. The SMILES string of the molecule is NC(=S)c1cccc2c1CC(c1ccccn1)O2. The van der Waals surface area contributed by atoms with Crippen molar-refractivity contribution in [1.29, 1.82) is 0 Å². The molecule has 0 amide bonds. The zero-order chi connectivity index (χ0) is 12.5. The molecule has 0 radical (unpaired) electrons. The van der Waals surface area contributed by atoms with Crippen molar-refractivity contribution in [3.63, 3.8) is 0 Å². The van der Waals surface area contributed by atoms with Gasteiger partial charge in [0.1, 0.15) is 16.8 Å². The lowest BCUT2D eigenvalue weighted by Gasteiger charge is -2.08. The number of pyridine rings is 1. The molecule has 0 saturated carbocycles. The zero-order valence-corrected chi connectivity index (χ0v) is 10.5. The summed E-state index contributed by atoms with van der Waals surface area (Å²) in [6, 6.07) is 11.6. The number of fused-ring (bicyclic) bond motifs is 1. The van der Waals surface area contributed by atoms with Crippen LogP contribution in [-0.4, -0.2) is 9.97 Å². The number of hydrogen-bond donors (Lipinski definition) is 1. The standard InChI is InChI=1S/C14H12N2OS/c15-14(18)9-4-3-6-12-10(9)8-13(17-12)11-5-1-2-7-16-11/h1-7,13H,8H2,(H2,15,18). The van der Waals surface area contributed by atoms with Crippen LogP contribution in [0.3, 0.4) is 0 Å². The number of ether oxygens (including phenoxy) is 1. The van der Waals surface area contributed by atoms with Crippen molar-refractivity contribution >= 4 is 17.2 Å². The highest BCUT2D eigenvalue weighted by Gasteiger charge is 2.27. The van der Waals surface area contributed by atoms with Crippen molar-refractivity contribution in [3.05, 3.63) is 59.4 Å². The minimum Gasteiger partial charge on any atom is -0.483 e. The highest BCUT2D eigenvalue weighted by Crippen LogP contribution is 2.37. The summed E-state index contributed by atoms with van der Waals surface area (Å²) in [5, 5.41) is 0. The first kappa shape index (κ1) is 11.2. The summed E-state index contributed by atoms with van der Waals surface area (Å²) in [4.78, 5) is 4.74. The van der Waals surface area contributed by atoms with E-state index in [2.05, 4.69) is 4.98 Å². The van der Waals surface area contributed by atoms with Gasteiger partial charge in [0.15, 0.2) is 0 Å². The smallest absolute Gasteiger partial charge is 0.145 e. The Hall–Kier alpha value is -1.94. The Bertz CT molecular complexity index is 598. The van der Waals surface area contributed by atoms with E-state index < -0.39 is 0 Å². The lowest BCUT2D eigenvalue weighted by Crippen LogP contribution is -2.11. The normalized spacial score (nSPS) is 17.0. The van der Waals surface area contributed by atoms with Crippen LogP contribution in [0.1, 0.15) is 22.9 Å². The van der Waals surface area contributed by atoms with Gasteiger partial charge in [0.05, 0.1) is 5.69 Å². The van der Waals surface area contributed by atoms with Gasteiger partial charge in [0, 0.05) is 23.7 Å². The molecule has 18 heavy (non-hydrogen) atoms. The van der Waals surface area contributed by atoms with Crippen molar-refractivity contribution in [2.75, 3.05) is 0 Å². The number of hydrogen-bond acceptors (Lipinski definition) is 3. The molecule has 0 spiro atoms. The molecule has 90 valence electrons. The Kier molecular flexibility index (Phi) is 2.72. The summed E-state index contributed by atoms with van der Waals surface area (Å²) in [6.07, 6.45) is 2.49. The van der Waals surface area contributed by atoms with E-state index in [9.17, 15) is 0 Å². The molecular formula is C14H12N2OS. The average molecular weight is 256 g/mol. The third-order valence-corrected chi connectivity index (χ3v) is 3.29. The summed E-state index contributed by atoms with van der Waals surface area (Å²) in [6.45, 7) is 0. The second kappa shape index (κ2) is 4.38. The largest absolute Gasteiger partial charge is 0.483 e. The molecule has 1 aromatic carbocycles. The lowest BCUT2D eigenvalue weighted by molar-refractivity contribution is 0.233. The molecule has 0 aliphatic carbocycles. The monoisotopic (exact) mass is 256 g/mol. The van der Waals surface area contributed by atoms with E-state index in [0.29, 0.717) is 4.99 Å². The van der Waals surface area contributed by atoms with Crippen LogP contribution in [-0.2, 0) is 6.42 Å². The van der Waals surface area contributed by atoms with E-state index in [-0.39, 0.29) is 6.10 Å². The van der Waals surface area contributed by atoms with Crippen molar-refractivity contribution in [2.24, 2.45) is 5.73 Å². The maximum absolute atomic E-state index is 5.91. The second-order valence-corrected chi connectivity index (χ2v) is 4.65. The predicted molar refractivity (Wildman–Crippen MR) is 73.6 cm³/mol. The second-order valence-electron chi connectivity index (χ2n) is 4.21. The number of aromatic nitrogens is 1. The Labute approximate surface area is 111 Å². The molecule has 1 aromatic heterocycles. The third-order valence-electron chi connectivity index (χ3n) is 3.07. The highest BCUT2D eigenvalue weighted by atomic mass is 32.1. The average Bonchev–Trinajstić information content (AvgIpc) is 2.83. The Balaban J connectivity index is 1.97. The molecule has 2 N–H and O–H groups in total. The van der Waals surface area contributed by atoms with Gasteiger partial charge < -0.3 is 10.5 Å². The van der Waals surface area contributed by atoms with E-state index in [0.717, 1.165) is 29.0 Å². The van der Waals surface area contributed by atoms with Crippen LogP contribution < -0.4 is 10.5 Å². The van der Waals surface area contributed by atoms with Crippen LogP contribution in [0.2, 0.25) is 0 Å². The van der Waals surface area contributed by atoms with E-state index in [4.69, 9.17) is 22.7 Å². The number of nitrogens with zero attached hydrogens (tertiary/aromatic N) is 1. The zero-order valence-electron chi connectivity index (χ0n) is 9.67. The predicted octanol–water partition coefficient (Wildman–Crippen LogP) is 2.39. The summed E-state index contributed by atoms with van der Waals surface area (Å²) in [5.41, 5.74) is 8.65. The molecule has 1 aliphatic heterocycles. The molecule has 0 saturated heterocycles. The van der Waals surface area contributed by atoms with Gasteiger partial charge in [-0.2, -0.15) is 0 Å². The molecule has 0 bridgehead atoms. The van der Waals surface area contributed by atoms with Crippen molar-refractivity contribution in [1.82, 2.24) is 4.98 Å². The number of nitrogens with two attached hydrogens (primary N) is 1. The Morgan fingerprint density at radius 2 is 2.17 bits per heavy atom. The fraction of sp³-hybridized carbons (Fsp3) is 0.143. The molecule has 1 atom stereocenters. The fourth-order valence-electron chi connectivity index (χ4n) is 2.23. The van der Waals surface area contributed by atoms with E-state index in [1.165, 1.54) is 0 Å². The van der Waals surface area contributed by atoms with Gasteiger partial charge in [0.2, 0.25) is 0 Å². The first-order chi connectivity index (χ1) is 8.75. The maximum atomic E-state index is 5.91. The minimum atomic E-state index is -0.0447. The third kappa shape index (κ3) is 1.84. The van der Waals surface area contributed by atoms with Crippen LogP contribution in [0.15, 0.2) is 42.6 Å². The molecule has 2 heterocycles. The van der Waals surface area contributed by atoms with Gasteiger partial charge in [-0.25, -0.2) is 0 Å². The van der Waals surface area contributed by atoms with E-state index in [1.54, 1.807) is 6.20 Å². The number of thiocarbonyl (C=S) groups is 1. The highest BCUT2D eigenvalue weighted by molar-refractivity contribution is 7.80. The molecule has 1 unspecified atom stereocenters. The molecule has 1 aliphatic rings. The Morgan fingerprint density at radius 3 is 2.89 bits per heavy atom. The summed E-state index contributed by atoms with van der Waals surface area (Å²) in [7, 11) is 0. The van der Waals surface area contributed by atoms with E-state index in [1.807, 2.05) is 36.4 Å². The fourth-order valence-corrected chi connectivity index (χ4v) is 2.42. The van der Waals surface area contributed by atoms with Crippen LogP contribution in [0.25, 0.3) is 0 Å². The maximum Gasteiger partial charge on any atom is 0.145 e. The van der Waals surface area contributed by atoms with Crippen molar-refractivity contribution < 1.29 is 4.74 Å². The van der Waals surface area contributed by atoms with Gasteiger partial charge in [-0.15, -0.1) is 0 Å². The van der Waals surface area contributed by atoms with Gasteiger partial charge in [0.25, 0.3) is 0 Å². The van der Waals surface area contributed by atoms with Gasteiger partial charge in [-0.1, -0.05) is 30.4 Å². The minimum absolute atomic E-state index is 0.0447. The van der Waals surface area contributed by atoms with Crippen LogP contribution in [0, 0.1) is 0 Å². The summed E-state index contributed by atoms with van der Waals surface area (Å²) in [5.74, 6) is 0.857. The molecule has 3 rings (SSSR count). The van der Waals surface area contributed by atoms with Crippen LogP contribution in [0.4, 0.5) is 0 Å². The van der Waals surface area contributed by atoms with E-state index >= 15 is 0 Å². The first-order valence-corrected chi connectivity index (χ1v) is 6.16. The van der Waals surface area contributed by atoms with Crippen LogP contribution >= 0.6 is 12.2 Å². The summed E-state index contributed by atoms with van der Waals surface area (Å²) < 4.78 is 5.91. The van der Waals surface area contributed by atoms with Crippen molar-refractivity contribution in [3.8, 4) is 5.75 Å². The molecule has 3 nitrogen and oxygen atoms in total. The molecule has 2 aromatic rings. The summed E-state index contributed by atoms with van der Waals surface area (Å²) >= 11 is 5.07. The van der Waals surface area contributed by atoms with Gasteiger partial charge in [-0.3, -0.25) is 4.98 Å². The quantitative estimate of drug-likeness (QED) is 0.838. The van der Waals surface area contributed by atoms with Crippen LogP contribution in [0.5, 0.6) is 5.75 Å². The lowest BCUT2D eigenvalue weighted by atomic mass is 10.0. The van der Waals surface area contributed by atoms with Crippen molar-refractivity contribution in [2.45, 2.75) is 12.5 Å². The molecular weight excluding hydrogens is 244 g/mol. The molecule has 0 fully saturated rings. The Morgan fingerprint density at radius 1 is 1.28 bits per heavy atom. The number of rotatable bonds is 2. The topological polar surface area (TPSA) is 48.1 Å². The number of benzene rings is 1. The first-order valence-electron chi connectivity index (χ1n) is 5.75. The van der Waals surface area contributed by atoms with Gasteiger partial charge in [-0.05, 0) is 18.2 Å². The van der Waals surface area contributed by atoms with Gasteiger partial charge >= 0.3 is 0 Å².